The Morgan fingerprint density at radius 1 is 1.00 bits per heavy atom. The predicted molar refractivity (Wildman–Crippen MR) is 84.8 cm³/mol. The van der Waals surface area contributed by atoms with Crippen LogP contribution in [0.3, 0.4) is 0 Å². The molecule has 0 aromatic heterocycles. The van der Waals surface area contributed by atoms with Crippen LogP contribution in [-0.2, 0) is 10.1 Å². The summed E-state index contributed by atoms with van der Waals surface area (Å²) in [7, 11) is -3.92. The van der Waals surface area contributed by atoms with E-state index in [0.717, 1.165) is 5.56 Å². The second-order valence-corrected chi connectivity index (χ2v) is 6.86. The Morgan fingerprint density at radius 3 is 2.14 bits per heavy atom. The first kappa shape index (κ1) is 16.2. The van der Waals surface area contributed by atoms with E-state index in [1.807, 2.05) is 26.0 Å². The topological polar surface area (TPSA) is 60.4 Å². The summed E-state index contributed by atoms with van der Waals surface area (Å²) < 4.78 is 30.0. The molecule has 0 saturated heterocycles. The van der Waals surface area contributed by atoms with Crippen molar-refractivity contribution in [2.45, 2.75) is 31.6 Å². The van der Waals surface area contributed by atoms with Crippen LogP contribution >= 0.6 is 0 Å². The number of carbonyl (C=O) groups is 1. The second kappa shape index (κ2) is 6.32. The second-order valence-electron chi connectivity index (χ2n) is 5.31. The molecular formula is C17H18O4S. The summed E-state index contributed by atoms with van der Waals surface area (Å²) in [4.78, 5) is 11.3. The van der Waals surface area contributed by atoms with Crippen molar-refractivity contribution in [3.05, 3.63) is 59.7 Å². The summed E-state index contributed by atoms with van der Waals surface area (Å²) in [6.07, 6.45) is 0. The molecule has 0 aliphatic carbocycles. The summed E-state index contributed by atoms with van der Waals surface area (Å²) in [6.45, 7) is 5.37. The van der Waals surface area contributed by atoms with E-state index in [1.54, 1.807) is 12.1 Å². The number of benzene rings is 2. The van der Waals surface area contributed by atoms with Gasteiger partial charge in [-0.2, -0.15) is 8.42 Å². The van der Waals surface area contributed by atoms with E-state index in [2.05, 4.69) is 0 Å². The summed E-state index contributed by atoms with van der Waals surface area (Å²) >= 11 is 0. The minimum atomic E-state index is -3.92. The van der Waals surface area contributed by atoms with Gasteiger partial charge in [0.25, 0.3) is 0 Å². The van der Waals surface area contributed by atoms with Crippen LogP contribution in [0.15, 0.2) is 53.4 Å². The molecule has 2 rings (SSSR count). The Kier molecular flexibility index (Phi) is 4.66. The van der Waals surface area contributed by atoms with Gasteiger partial charge in [-0.05, 0) is 36.6 Å². The molecule has 0 aliphatic heterocycles. The standard InChI is InChI=1S/C17H18O4S/c1-12(2)16-6-4-5-7-17(16)21-22(19,20)15-10-8-14(9-11-15)13(3)18/h4-12H,1-3H3. The zero-order valence-corrected chi connectivity index (χ0v) is 13.6. The van der Waals surface area contributed by atoms with E-state index in [1.165, 1.54) is 31.2 Å². The van der Waals surface area contributed by atoms with E-state index < -0.39 is 10.1 Å². The lowest BCUT2D eigenvalue weighted by molar-refractivity contribution is 0.101. The van der Waals surface area contributed by atoms with Gasteiger partial charge in [0.15, 0.2) is 5.78 Å². The summed E-state index contributed by atoms with van der Waals surface area (Å²) in [5, 5.41) is 0. The normalized spacial score (nSPS) is 11.5. The van der Waals surface area contributed by atoms with Crippen molar-refractivity contribution in [1.29, 1.82) is 0 Å². The number of hydrogen-bond donors (Lipinski definition) is 0. The molecule has 5 heteroatoms. The van der Waals surface area contributed by atoms with Crippen molar-refractivity contribution in [2.75, 3.05) is 0 Å². The van der Waals surface area contributed by atoms with Gasteiger partial charge in [0.1, 0.15) is 10.6 Å². The zero-order valence-electron chi connectivity index (χ0n) is 12.7. The molecule has 0 unspecified atom stereocenters. The monoisotopic (exact) mass is 318 g/mol. The van der Waals surface area contributed by atoms with Crippen molar-refractivity contribution in [2.24, 2.45) is 0 Å². The van der Waals surface area contributed by atoms with Gasteiger partial charge in [0.2, 0.25) is 0 Å². The minimum absolute atomic E-state index is 0.0241. The molecule has 0 amide bonds. The van der Waals surface area contributed by atoms with Gasteiger partial charge >= 0.3 is 10.1 Å². The van der Waals surface area contributed by atoms with Crippen LogP contribution in [0.25, 0.3) is 0 Å². The fourth-order valence-electron chi connectivity index (χ4n) is 2.06. The number of ketones is 1. The highest BCUT2D eigenvalue weighted by atomic mass is 32.2. The van der Waals surface area contributed by atoms with Crippen LogP contribution in [0.5, 0.6) is 5.75 Å². The van der Waals surface area contributed by atoms with Crippen molar-refractivity contribution in [3.63, 3.8) is 0 Å². The number of Topliss-reactive ketones (excluding diaryl/α,β-unsaturated/α-hetero) is 1. The molecule has 0 bridgehead atoms. The third-order valence-electron chi connectivity index (χ3n) is 3.29. The number of carbonyl (C=O) groups excluding carboxylic acids is 1. The van der Waals surface area contributed by atoms with E-state index in [-0.39, 0.29) is 16.6 Å². The maximum absolute atomic E-state index is 12.4. The summed E-state index contributed by atoms with van der Waals surface area (Å²) in [5.74, 6) is 0.356. The largest absolute Gasteiger partial charge is 0.379 e. The van der Waals surface area contributed by atoms with Gasteiger partial charge < -0.3 is 4.18 Å². The fourth-order valence-corrected chi connectivity index (χ4v) is 3.01. The maximum Gasteiger partial charge on any atom is 0.339 e. The molecule has 0 fully saturated rings. The number of rotatable bonds is 5. The molecule has 2 aromatic carbocycles. The predicted octanol–water partition coefficient (Wildman–Crippen LogP) is 3.78. The Bertz CT molecular complexity index is 775. The third-order valence-corrected chi connectivity index (χ3v) is 4.54. The molecule has 0 radical (unpaired) electrons. The molecule has 2 aromatic rings. The van der Waals surface area contributed by atoms with Gasteiger partial charge in [-0.3, -0.25) is 4.79 Å². The first-order valence-corrected chi connectivity index (χ1v) is 8.36. The molecule has 22 heavy (non-hydrogen) atoms. The molecule has 0 aliphatic rings. The maximum atomic E-state index is 12.4. The van der Waals surface area contributed by atoms with Gasteiger partial charge in [0, 0.05) is 5.56 Å². The van der Waals surface area contributed by atoms with Gasteiger partial charge in [-0.25, -0.2) is 0 Å². The molecule has 0 N–H and O–H groups in total. The van der Waals surface area contributed by atoms with E-state index >= 15 is 0 Å². The fraction of sp³-hybridized carbons (Fsp3) is 0.235. The van der Waals surface area contributed by atoms with Crippen molar-refractivity contribution in [3.8, 4) is 5.75 Å². The Hall–Kier alpha value is -2.14. The molecule has 116 valence electrons. The molecule has 4 nitrogen and oxygen atoms in total. The average Bonchev–Trinajstić information content (AvgIpc) is 2.47. The first-order chi connectivity index (χ1) is 10.3. The highest BCUT2D eigenvalue weighted by molar-refractivity contribution is 7.87. The lowest BCUT2D eigenvalue weighted by atomic mass is 10.0. The SMILES string of the molecule is CC(=O)c1ccc(S(=O)(=O)Oc2ccccc2C(C)C)cc1. The lowest BCUT2D eigenvalue weighted by Gasteiger charge is -2.13. The molecule has 0 atom stereocenters. The molecule has 0 spiro atoms. The van der Waals surface area contributed by atoms with Crippen molar-refractivity contribution < 1.29 is 17.4 Å². The summed E-state index contributed by atoms with van der Waals surface area (Å²) in [5.41, 5.74) is 1.29. The van der Waals surface area contributed by atoms with Crippen LogP contribution in [-0.4, -0.2) is 14.2 Å². The Labute approximate surface area is 130 Å². The number of para-hydroxylation sites is 1. The molecule has 0 heterocycles. The van der Waals surface area contributed by atoms with Crippen LogP contribution in [0.4, 0.5) is 0 Å². The van der Waals surface area contributed by atoms with E-state index in [4.69, 9.17) is 4.18 Å². The lowest BCUT2D eigenvalue weighted by Crippen LogP contribution is -2.11. The van der Waals surface area contributed by atoms with Crippen molar-refractivity contribution in [1.82, 2.24) is 0 Å². The molecule has 0 saturated carbocycles. The first-order valence-electron chi connectivity index (χ1n) is 6.95. The highest BCUT2D eigenvalue weighted by Crippen LogP contribution is 2.28. The summed E-state index contributed by atoms with van der Waals surface area (Å²) in [6, 6.07) is 12.8. The minimum Gasteiger partial charge on any atom is -0.379 e. The Morgan fingerprint density at radius 2 is 1.59 bits per heavy atom. The quantitative estimate of drug-likeness (QED) is 0.622. The zero-order chi connectivity index (χ0) is 16.3. The van der Waals surface area contributed by atoms with Crippen LogP contribution < -0.4 is 4.18 Å². The van der Waals surface area contributed by atoms with Crippen LogP contribution in [0.2, 0.25) is 0 Å². The number of hydrogen-bond acceptors (Lipinski definition) is 4. The highest BCUT2D eigenvalue weighted by Gasteiger charge is 2.19. The third kappa shape index (κ3) is 3.54. The van der Waals surface area contributed by atoms with E-state index in [0.29, 0.717) is 11.3 Å². The van der Waals surface area contributed by atoms with Gasteiger partial charge in [-0.1, -0.05) is 44.2 Å². The van der Waals surface area contributed by atoms with E-state index in [9.17, 15) is 13.2 Å². The Balaban J connectivity index is 2.34. The molecular weight excluding hydrogens is 300 g/mol. The average molecular weight is 318 g/mol. The van der Waals surface area contributed by atoms with Crippen LogP contribution in [0.1, 0.15) is 42.6 Å². The van der Waals surface area contributed by atoms with Crippen LogP contribution in [0, 0.1) is 0 Å². The van der Waals surface area contributed by atoms with Gasteiger partial charge in [0.05, 0.1) is 0 Å². The smallest absolute Gasteiger partial charge is 0.339 e. The van der Waals surface area contributed by atoms with Gasteiger partial charge in [-0.15, -0.1) is 0 Å². The van der Waals surface area contributed by atoms with Crippen molar-refractivity contribution >= 4 is 15.9 Å².